The highest BCUT2D eigenvalue weighted by Crippen LogP contribution is 2.38. The van der Waals surface area contributed by atoms with Gasteiger partial charge < -0.3 is 10.1 Å². The van der Waals surface area contributed by atoms with E-state index < -0.39 is 34.8 Å². The molecule has 0 spiro atoms. The Morgan fingerprint density at radius 2 is 2.04 bits per heavy atom. The molecule has 0 saturated carbocycles. The Balaban J connectivity index is 2.82. The standard InChI is InChI=1S/C14H13F3N4O3/c1-7-5-21(2)20-10(7)11-8(14(15,16)17)4-9(18-6-22)12(19-11)13(23)24-3/h4-6H,1-3H3,(H,18,22). The molecule has 0 aromatic carbocycles. The van der Waals surface area contributed by atoms with Crippen molar-refractivity contribution < 1.29 is 27.5 Å². The highest BCUT2D eigenvalue weighted by atomic mass is 19.4. The molecule has 0 saturated heterocycles. The van der Waals surface area contributed by atoms with Crippen LogP contribution >= 0.6 is 0 Å². The van der Waals surface area contributed by atoms with Gasteiger partial charge in [0.1, 0.15) is 11.4 Å². The lowest BCUT2D eigenvalue weighted by atomic mass is 10.1. The molecular weight excluding hydrogens is 329 g/mol. The van der Waals surface area contributed by atoms with Gasteiger partial charge in [-0.25, -0.2) is 9.78 Å². The van der Waals surface area contributed by atoms with Crippen LogP contribution in [-0.2, 0) is 22.8 Å². The Morgan fingerprint density at radius 1 is 1.38 bits per heavy atom. The first-order chi connectivity index (χ1) is 11.2. The lowest BCUT2D eigenvalue weighted by Gasteiger charge is -2.15. The van der Waals surface area contributed by atoms with Gasteiger partial charge in [-0.2, -0.15) is 18.3 Å². The molecule has 7 nitrogen and oxygen atoms in total. The van der Waals surface area contributed by atoms with Gasteiger partial charge in [-0.05, 0) is 18.6 Å². The van der Waals surface area contributed by atoms with Gasteiger partial charge in [-0.15, -0.1) is 0 Å². The van der Waals surface area contributed by atoms with Gasteiger partial charge in [0.05, 0.1) is 18.4 Å². The van der Waals surface area contributed by atoms with Gasteiger partial charge >= 0.3 is 12.1 Å². The number of carbonyl (C=O) groups excluding carboxylic acids is 2. The summed E-state index contributed by atoms with van der Waals surface area (Å²) in [6.45, 7) is 1.57. The SMILES string of the molecule is COC(=O)c1nc(-c2nn(C)cc2C)c(C(F)(F)F)cc1NC=O. The van der Waals surface area contributed by atoms with E-state index in [0.29, 0.717) is 11.6 Å². The monoisotopic (exact) mass is 342 g/mol. The van der Waals surface area contributed by atoms with Crippen molar-refractivity contribution in [2.24, 2.45) is 7.05 Å². The summed E-state index contributed by atoms with van der Waals surface area (Å²) < 4.78 is 46.0. The predicted octanol–water partition coefficient (Wildman–Crippen LogP) is 2.16. The summed E-state index contributed by atoms with van der Waals surface area (Å²) in [4.78, 5) is 26.2. The number of aryl methyl sites for hydroxylation is 2. The average Bonchev–Trinajstić information content (AvgIpc) is 2.84. The Hall–Kier alpha value is -2.91. The van der Waals surface area contributed by atoms with Gasteiger partial charge in [-0.1, -0.05) is 0 Å². The first-order valence-corrected chi connectivity index (χ1v) is 6.60. The second kappa shape index (κ2) is 6.30. The van der Waals surface area contributed by atoms with Crippen LogP contribution < -0.4 is 5.32 Å². The Bertz CT molecular complexity index is 799. The molecule has 0 unspecified atom stereocenters. The molecule has 128 valence electrons. The number of aromatic nitrogens is 3. The fourth-order valence-electron chi connectivity index (χ4n) is 2.18. The van der Waals surface area contributed by atoms with Crippen molar-refractivity contribution in [1.29, 1.82) is 0 Å². The Labute approximate surface area is 134 Å². The number of anilines is 1. The maximum atomic E-state index is 13.4. The number of hydrogen-bond donors (Lipinski definition) is 1. The quantitative estimate of drug-likeness (QED) is 0.680. The largest absolute Gasteiger partial charge is 0.464 e. The minimum absolute atomic E-state index is 0.0207. The molecule has 2 aromatic rings. The van der Waals surface area contributed by atoms with Crippen molar-refractivity contribution in [1.82, 2.24) is 14.8 Å². The highest BCUT2D eigenvalue weighted by Gasteiger charge is 2.37. The van der Waals surface area contributed by atoms with Crippen LogP contribution in [0.3, 0.4) is 0 Å². The summed E-state index contributed by atoms with van der Waals surface area (Å²) >= 11 is 0. The second-order valence-electron chi connectivity index (χ2n) is 4.87. The van der Waals surface area contributed by atoms with Gasteiger partial charge in [0.2, 0.25) is 6.41 Å². The number of pyridine rings is 1. The predicted molar refractivity (Wildman–Crippen MR) is 77.2 cm³/mol. The van der Waals surface area contributed by atoms with Crippen LogP contribution in [0.5, 0.6) is 0 Å². The highest BCUT2D eigenvalue weighted by molar-refractivity contribution is 5.96. The van der Waals surface area contributed by atoms with Crippen molar-refractivity contribution in [2.75, 3.05) is 12.4 Å². The molecular formula is C14H13F3N4O3. The van der Waals surface area contributed by atoms with Crippen LogP contribution in [0, 0.1) is 6.92 Å². The third-order valence-electron chi connectivity index (χ3n) is 3.16. The average molecular weight is 342 g/mol. The van der Waals surface area contributed by atoms with E-state index in [4.69, 9.17) is 0 Å². The molecule has 0 aliphatic rings. The number of rotatable bonds is 4. The first-order valence-electron chi connectivity index (χ1n) is 6.60. The van der Waals surface area contributed by atoms with Crippen LogP contribution in [0.2, 0.25) is 0 Å². The number of alkyl halides is 3. The summed E-state index contributed by atoms with van der Waals surface area (Å²) in [5, 5.41) is 6.00. The summed E-state index contributed by atoms with van der Waals surface area (Å²) in [6, 6.07) is 0.636. The van der Waals surface area contributed by atoms with Crippen molar-refractivity contribution in [3.05, 3.63) is 29.1 Å². The number of halogens is 3. The van der Waals surface area contributed by atoms with E-state index in [1.165, 1.54) is 10.9 Å². The van der Waals surface area contributed by atoms with Crippen LogP contribution in [0.1, 0.15) is 21.6 Å². The Kier molecular flexibility index (Phi) is 4.58. The smallest absolute Gasteiger partial charge is 0.418 e. The van der Waals surface area contributed by atoms with Crippen LogP contribution in [-0.4, -0.2) is 34.3 Å². The molecule has 2 aromatic heterocycles. The van der Waals surface area contributed by atoms with E-state index in [0.717, 1.165) is 7.11 Å². The number of esters is 1. The van der Waals surface area contributed by atoms with E-state index in [1.54, 1.807) is 14.0 Å². The number of carbonyl (C=O) groups is 2. The number of ether oxygens (including phenoxy) is 1. The van der Waals surface area contributed by atoms with Crippen molar-refractivity contribution in [3.63, 3.8) is 0 Å². The third kappa shape index (κ3) is 3.21. The van der Waals surface area contributed by atoms with Crippen LogP contribution in [0.4, 0.5) is 18.9 Å². The summed E-state index contributed by atoms with van der Waals surface area (Å²) in [5.41, 5.74) is -2.06. The van der Waals surface area contributed by atoms with Gasteiger partial charge in [0, 0.05) is 13.2 Å². The molecule has 2 rings (SSSR count). The normalized spacial score (nSPS) is 11.2. The van der Waals surface area contributed by atoms with Crippen LogP contribution in [0.25, 0.3) is 11.4 Å². The number of amides is 1. The van der Waals surface area contributed by atoms with E-state index in [1.807, 2.05) is 5.32 Å². The fraction of sp³-hybridized carbons (Fsp3) is 0.286. The second-order valence-corrected chi connectivity index (χ2v) is 4.87. The minimum Gasteiger partial charge on any atom is -0.464 e. The van der Waals surface area contributed by atoms with Gasteiger partial charge in [0.15, 0.2) is 5.69 Å². The molecule has 0 atom stereocenters. The lowest BCUT2D eigenvalue weighted by molar-refractivity contribution is -0.137. The topological polar surface area (TPSA) is 86.1 Å². The molecule has 0 radical (unpaired) electrons. The zero-order valence-corrected chi connectivity index (χ0v) is 12.9. The maximum absolute atomic E-state index is 13.4. The molecule has 0 aliphatic carbocycles. The zero-order chi connectivity index (χ0) is 18.1. The van der Waals surface area contributed by atoms with Crippen LogP contribution in [0.15, 0.2) is 12.3 Å². The van der Waals surface area contributed by atoms with Crippen molar-refractivity contribution in [3.8, 4) is 11.4 Å². The summed E-state index contributed by atoms with van der Waals surface area (Å²) in [5.74, 6) is -0.983. The molecule has 0 fully saturated rings. The summed E-state index contributed by atoms with van der Waals surface area (Å²) in [6.07, 6.45) is -3.10. The Morgan fingerprint density at radius 3 is 2.50 bits per heavy atom. The third-order valence-corrected chi connectivity index (χ3v) is 3.16. The summed E-state index contributed by atoms with van der Waals surface area (Å²) in [7, 11) is 2.60. The van der Waals surface area contributed by atoms with E-state index in [-0.39, 0.29) is 12.1 Å². The van der Waals surface area contributed by atoms with Crippen molar-refractivity contribution in [2.45, 2.75) is 13.1 Å². The molecule has 24 heavy (non-hydrogen) atoms. The minimum atomic E-state index is -4.76. The molecule has 10 heteroatoms. The molecule has 2 heterocycles. The van der Waals surface area contributed by atoms with E-state index in [2.05, 4.69) is 14.8 Å². The van der Waals surface area contributed by atoms with Gasteiger partial charge in [0.25, 0.3) is 0 Å². The first kappa shape index (κ1) is 17.4. The fourth-order valence-corrected chi connectivity index (χ4v) is 2.18. The molecule has 1 N–H and O–H groups in total. The van der Waals surface area contributed by atoms with E-state index in [9.17, 15) is 22.8 Å². The molecule has 0 aliphatic heterocycles. The number of nitrogens with zero attached hydrogens (tertiary/aromatic N) is 3. The molecule has 0 bridgehead atoms. The maximum Gasteiger partial charge on any atom is 0.418 e. The van der Waals surface area contributed by atoms with Gasteiger partial charge in [-0.3, -0.25) is 9.48 Å². The lowest BCUT2D eigenvalue weighted by Crippen LogP contribution is -2.16. The van der Waals surface area contributed by atoms with Crippen molar-refractivity contribution >= 4 is 18.1 Å². The van der Waals surface area contributed by atoms with E-state index >= 15 is 0 Å². The number of nitrogens with one attached hydrogen (secondary N) is 1. The molecule has 1 amide bonds. The zero-order valence-electron chi connectivity index (χ0n) is 12.9. The number of hydrogen-bond acceptors (Lipinski definition) is 5. The number of methoxy groups -OCH3 is 1.